The van der Waals surface area contributed by atoms with Gasteiger partial charge >= 0.3 is 6.03 Å². The summed E-state index contributed by atoms with van der Waals surface area (Å²) in [6, 6.07) is 0.524. The number of allylic oxidation sites excluding steroid dienone is 2. The van der Waals surface area contributed by atoms with Gasteiger partial charge in [-0.05, 0) is 50.9 Å². The van der Waals surface area contributed by atoms with Gasteiger partial charge in [0.05, 0.1) is 6.10 Å². The van der Waals surface area contributed by atoms with Gasteiger partial charge in [0, 0.05) is 25.7 Å². The average molecular weight is 320 g/mol. The van der Waals surface area contributed by atoms with Gasteiger partial charge in [-0.1, -0.05) is 31.4 Å². The van der Waals surface area contributed by atoms with Crippen molar-refractivity contribution >= 4 is 6.03 Å². The second-order valence-electron chi connectivity index (χ2n) is 7.47. The van der Waals surface area contributed by atoms with Gasteiger partial charge in [-0.2, -0.15) is 0 Å². The van der Waals surface area contributed by atoms with E-state index < -0.39 is 0 Å². The first-order chi connectivity index (χ1) is 11.3. The molecule has 1 saturated carbocycles. The first-order valence-electron chi connectivity index (χ1n) is 9.63. The van der Waals surface area contributed by atoms with Gasteiger partial charge in [0.15, 0.2) is 0 Å². The van der Waals surface area contributed by atoms with Gasteiger partial charge < -0.3 is 15.0 Å². The van der Waals surface area contributed by atoms with Crippen molar-refractivity contribution in [3.8, 4) is 0 Å². The molecule has 0 aromatic carbocycles. The molecular weight excluding hydrogens is 288 g/mol. The Morgan fingerprint density at radius 3 is 2.61 bits per heavy atom. The second kappa shape index (κ2) is 8.72. The summed E-state index contributed by atoms with van der Waals surface area (Å²) >= 11 is 0. The molecule has 0 aromatic rings. The smallest absolute Gasteiger partial charge is 0.317 e. The number of hydrogen-bond acceptors (Lipinski definition) is 2. The lowest BCUT2D eigenvalue weighted by Crippen LogP contribution is -2.49. The van der Waals surface area contributed by atoms with E-state index in [1.54, 1.807) is 0 Å². The van der Waals surface area contributed by atoms with E-state index in [0.29, 0.717) is 12.0 Å². The molecule has 3 rings (SSSR count). The van der Waals surface area contributed by atoms with Crippen molar-refractivity contribution < 1.29 is 9.53 Å². The molecule has 1 aliphatic heterocycles. The minimum absolute atomic E-state index is 0.141. The van der Waals surface area contributed by atoms with Gasteiger partial charge in [-0.15, -0.1) is 0 Å². The molecular formula is C19H32N2O2. The summed E-state index contributed by atoms with van der Waals surface area (Å²) in [6.07, 6.45) is 16.6. The summed E-state index contributed by atoms with van der Waals surface area (Å²) in [7, 11) is 0. The Morgan fingerprint density at radius 2 is 1.91 bits per heavy atom. The summed E-state index contributed by atoms with van der Waals surface area (Å²) in [5, 5.41) is 3.30. The minimum atomic E-state index is 0.141. The van der Waals surface area contributed by atoms with E-state index in [4.69, 9.17) is 4.74 Å². The Morgan fingerprint density at radius 1 is 1.04 bits per heavy atom. The molecule has 2 atom stereocenters. The molecule has 3 aliphatic rings. The van der Waals surface area contributed by atoms with Crippen LogP contribution in [0.4, 0.5) is 4.79 Å². The van der Waals surface area contributed by atoms with Crippen LogP contribution in [0.3, 0.4) is 0 Å². The van der Waals surface area contributed by atoms with Crippen LogP contribution in [-0.4, -0.2) is 42.8 Å². The molecule has 1 heterocycles. The molecule has 2 fully saturated rings. The van der Waals surface area contributed by atoms with Gasteiger partial charge in [-0.3, -0.25) is 0 Å². The minimum Gasteiger partial charge on any atom is -0.376 e. The normalized spacial score (nSPS) is 28.7. The summed E-state index contributed by atoms with van der Waals surface area (Å²) < 4.78 is 5.78. The van der Waals surface area contributed by atoms with E-state index in [9.17, 15) is 4.79 Å². The maximum Gasteiger partial charge on any atom is 0.317 e. The summed E-state index contributed by atoms with van der Waals surface area (Å²) in [5.41, 5.74) is 0. The zero-order chi connectivity index (χ0) is 15.9. The molecule has 4 nitrogen and oxygen atoms in total. The highest BCUT2D eigenvalue weighted by Gasteiger charge is 2.26. The highest BCUT2D eigenvalue weighted by atomic mass is 16.5. The van der Waals surface area contributed by atoms with Gasteiger partial charge in [0.25, 0.3) is 0 Å². The van der Waals surface area contributed by atoms with Crippen LogP contribution in [0.5, 0.6) is 0 Å². The predicted octanol–water partition coefficient (Wildman–Crippen LogP) is 3.87. The maximum absolute atomic E-state index is 12.8. The third-order valence-corrected chi connectivity index (χ3v) is 5.52. The Balaban J connectivity index is 1.55. The molecule has 2 aliphatic carbocycles. The molecule has 4 heteroatoms. The molecule has 1 saturated heterocycles. The standard InChI is InChI=1S/C19H32N2O2/c22-19(20-17-10-5-2-6-11-17)21(15-18-12-7-13-23-18)14-16-8-3-1-4-9-16/h1,3,16-18H,2,4-15H2,(H,20,22). The lowest BCUT2D eigenvalue weighted by Gasteiger charge is -2.32. The lowest BCUT2D eigenvalue weighted by atomic mass is 9.93. The van der Waals surface area contributed by atoms with Crippen molar-refractivity contribution in [3.63, 3.8) is 0 Å². The van der Waals surface area contributed by atoms with Crippen molar-refractivity contribution in [2.75, 3.05) is 19.7 Å². The lowest BCUT2D eigenvalue weighted by molar-refractivity contribution is 0.0755. The van der Waals surface area contributed by atoms with Crippen LogP contribution in [0.2, 0.25) is 0 Å². The Bertz CT molecular complexity index is 398. The number of carbonyl (C=O) groups is 1. The van der Waals surface area contributed by atoms with Crippen molar-refractivity contribution in [3.05, 3.63) is 12.2 Å². The quantitative estimate of drug-likeness (QED) is 0.781. The zero-order valence-corrected chi connectivity index (χ0v) is 14.3. The summed E-state index contributed by atoms with van der Waals surface area (Å²) in [6.45, 7) is 2.50. The number of hydrogen-bond donors (Lipinski definition) is 1. The number of nitrogens with zero attached hydrogens (tertiary/aromatic N) is 1. The van der Waals surface area contributed by atoms with E-state index in [0.717, 1.165) is 58.2 Å². The molecule has 2 amide bonds. The van der Waals surface area contributed by atoms with Crippen LogP contribution in [0.1, 0.15) is 64.2 Å². The van der Waals surface area contributed by atoms with E-state index in [1.807, 2.05) is 0 Å². The maximum atomic E-state index is 12.8. The van der Waals surface area contributed by atoms with Crippen molar-refractivity contribution in [2.24, 2.45) is 5.92 Å². The Labute approximate surface area is 140 Å². The second-order valence-corrected chi connectivity index (χ2v) is 7.47. The van der Waals surface area contributed by atoms with Crippen molar-refractivity contribution in [1.82, 2.24) is 10.2 Å². The molecule has 0 bridgehead atoms. The zero-order valence-electron chi connectivity index (χ0n) is 14.3. The molecule has 23 heavy (non-hydrogen) atoms. The third kappa shape index (κ3) is 5.23. The summed E-state index contributed by atoms with van der Waals surface area (Å²) in [4.78, 5) is 14.9. The van der Waals surface area contributed by atoms with E-state index >= 15 is 0 Å². The molecule has 0 radical (unpaired) electrons. The highest BCUT2D eigenvalue weighted by Crippen LogP contribution is 2.22. The molecule has 2 unspecified atom stereocenters. The van der Waals surface area contributed by atoms with Crippen LogP contribution >= 0.6 is 0 Å². The largest absolute Gasteiger partial charge is 0.376 e. The Kier molecular flexibility index (Phi) is 6.37. The van der Waals surface area contributed by atoms with Crippen LogP contribution in [0, 0.1) is 5.92 Å². The van der Waals surface area contributed by atoms with E-state index in [-0.39, 0.29) is 12.1 Å². The predicted molar refractivity (Wildman–Crippen MR) is 92.4 cm³/mol. The number of amides is 2. The first kappa shape index (κ1) is 16.8. The first-order valence-corrected chi connectivity index (χ1v) is 9.63. The molecule has 130 valence electrons. The molecule has 0 aromatic heterocycles. The average Bonchev–Trinajstić information content (AvgIpc) is 3.09. The fourth-order valence-electron chi connectivity index (χ4n) is 4.12. The molecule has 1 N–H and O–H groups in total. The number of urea groups is 1. The fourth-order valence-corrected chi connectivity index (χ4v) is 4.12. The number of ether oxygens (including phenoxy) is 1. The van der Waals surface area contributed by atoms with Gasteiger partial charge in [0.1, 0.15) is 0 Å². The van der Waals surface area contributed by atoms with Crippen LogP contribution < -0.4 is 5.32 Å². The number of nitrogens with one attached hydrogen (secondary N) is 1. The highest BCUT2D eigenvalue weighted by molar-refractivity contribution is 5.74. The fraction of sp³-hybridized carbons (Fsp3) is 0.842. The van der Waals surface area contributed by atoms with Crippen molar-refractivity contribution in [2.45, 2.75) is 76.4 Å². The van der Waals surface area contributed by atoms with E-state index in [1.165, 1.54) is 25.7 Å². The molecule has 0 spiro atoms. The van der Waals surface area contributed by atoms with Crippen LogP contribution in [-0.2, 0) is 4.74 Å². The van der Waals surface area contributed by atoms with Crippen LogP contribution in [0.15, 0.2) is 12.2 Å². The van der Waals surface area contributed by atoms with Crippen molar-refractivity contribution in [1.29, 1.82) is 0 Å². The van der Waals surface area contributed by atoms with Gasteiger partial charge in [0.2, 0.25) is 0 Å². The number of rotatable bonds is 5. The van der Waals surface area contributed by atoms with Crippen LogP contribution in [0.25, 0.3) is 0 Å². The third-order valence-electron chi connectivity index (χ3n) is 5.52. The Hall–Kier alpha value is -1.03. The SMILES string of the molecule is O=C(NC1CCCCC1)N(CC1CC=CCC1)CC1CCCO1. The monoisotopic (exact) mass is 320 g/mol. The van der Waals surface area contributed by atoms with Gasteiger partial charge in [-0.25, -0.2) is 4.79 Å². The topological polar surface area (TPSA) is 41.6 Å². The van der Waals surface area contributed by atoms with E-state index in [2.05, 4.69) is 22.4 Å². The summed E-state index contributed by atoms with van der Waals surface area (Å²) in [5.74, 6) is 0.610. The number of carbonyl (C=O) groups excluding carboxylic acids is 1.